The van der Waals surface area contributed by atoms with Crippen molar-refractivity contribution in [3.05, 3.63) is 173 Å². The van der Waals surface area contributed by atoms with Crippen LogP contribution in [0.4, 0.5) is 0 Å². The summed E-state index contributed by atoms with van der Waals surface area (Å²) in [6.07, 6.45) is 4.01. The average Bonchev–Trinajstić information content (AvgIpc) is 3.32. The van der Waals surface area contributed by atoms with E-state index in [2.05, 4.69) is 113 Å². The molecule has 0 fully saturated rings. The van der Waals surface area contributed by atoms with E-state index in [4.69, 9.17) is 14.7 Å². The van der Waals surface area contributed by atoms with Gasteiger partial charge in [-0.05, 0) is 42.0 Å². The van der Waals surface area contributed by atoms with Gasteiger partial charge >= 0.3 is 0 Å². The van der Waals surface area contributed by atoms with Crippen LogP contribution < -0.4 is 10.1 Å². The van der Waals surface area contributed by atoms with Gasteiger partial charge in [0.15, 0.2) is 5.84 Å². The van der Waals surface area contributed by atoms with Gasteiger partial charge in [-0.15, -0.1) is 0 Å². The summed E-state index contributed by atoms with van der Waals surface area (Å²) in [6, 6.07) is 50.2. The van der Waals surface area contributed by atoms with Crippen molar-refractivity contribution >= 4 is 45.6 Å². The molecule has 3 heterocycles. The quantitative estimate of drug-likeness (QED) is 0.221. The Morgan fingerprint density at radius 2 is 1.30 bits per heavy atom. The molecule has 0 amide bonds. The highest BCUT2D eigenvalue weighted by Gasteiger charge is 2.22. The molecule has 2 aliphatic heterocycles. The SMILES string of the molecule is C1=Cc2cc3c(cc2Oc2ccccc21)c1ccccc1n3-c1cccc(C2=NC(c3ccccc3)NC(c3ccccc3)=N2)c1. The van der Waals surface area contributed by atoms with E-state index in [9.17, 15) is 0 Å². The molecule has 7 aromatic rings. The van der Waals surface area contributed by atoms with Crippen molar-refractivity contribution in [1.29, 1.82) is 0 Å². The van der Waals surface area contributed by atoms with Crippen LogP contribution in [0.2, 0.25) is 0 Å². The Morgan fingerprint density at radius 3 is 2.20 bits per heavy atom. The van der Waals surface area contributed by atoms with Gasteiger partial charge in [-0.3, -0.25) is 0 Å². The molecule has 0 saturated carbocycles. The lowest BCUT2D eigenvalue weighted by molar-refractivity contribution is 0.482. The predicted octanol–water partition coefficient (Wildman–Crippen LogP) is 9.56. The molecule has 5 nitrogen and oxygen atoms in total. The van der Waals surface area contributed by atoms with Crippen molar-refractivity contribution in [3.63, 3.8) is 0 Å². The number of rotatable bonds is 4. The van der Waals surface area contributed by atoms with E-state index in [1.165, 1.54) is 5.39 Å². The van der Waals surface area contributed by atoms with E-state index in [1.807, 2.05) is 54.6 Å². The van der Waals surface area contributed by atoms with Gasteiger partial charge < -0.3 is 14.6 Å². The lowest BCUT2D eigenvalue weighted by atomic mass is 10.1. The fourth-order valence-corrected chi connectivity index (χ4v) is 6.43. The second-order valence-electron chi connectivity index (χ2n) is 11.5. The van der Waals surface area contributed by atoms with Crippen molar-refractivity contribution in [2.24, 2.45) is 9.98 Å². The number of fused-ring (bicyclic) bond motifs is 5. The van der Waals surface area contributed by atoms with Crippen LogP contribution in [0.5, 0.6) is 11.5 Å². The van der Waals surface area contributed by atoms with Crippen molar-refractivity contribution in [3.8, 4) is 17.2 Å². The van der Waals surface area contributed by atoms with Gasteiger partial charge in [0.05, 0.1) is 11.0 Å². The minimum absolute atomic E-state index is 0.257. The number of aromatic nitrogens is 1. The maximum atomic E-state index is 6.46. The van der Waals surface area contributed by atoms with Crippen LogP contribution in [0.15, 0.2) is 156 Å². The molecule has 46 heavy (non-hydrogen) atoms. The zero-order valence-corrected chi connectivity index (χ0v) is 24.8. The minimum Gasteiger partial charge on any atom is -0.456 e. The molecular weight excluding hydrogens is 564 g/mol. The predicted molar refractivity (Wildman–Crippen MR) is 188 cm³/mol. The summed E-state index contributed by atoms with van der Waals surface area (Å²) in [5.41, 5.74) is 8.44. The smallest absolute Gasteiger partial charge is 0.159 e. The minimum atomic E-state index is -0.257. The van der Waals surface area contributed by atoms with E-state index in [0.717, 1.165) is 67.3 Å². The van der Waals surface area contributed by atoms with Crippen LogP contribution in [-0.4, -0.2) is 16.2 Å². The third-order valence-electron chi connectivity index (χ3n) is 8.65. The zero-order chi connectivity index (χ0) is 30.5. The molecule has 218 valence electrons. The number of hydrogen-bond acceptors (Lipinski definition) is 4. The van der Waals surface area contributed by atoms with Crippen LogP contribution in [0, 0.1) is 0 Å². The van der Waals surface area contributed by atoms with E-state index < -0.39 is 0 Å². The van der Waals surface area contributed by atoms with Gasteiger partial charge in [-0.25, -0.2) is 9.98 Å². The Balaban J connectivity index is 1.20. The number of nitrogens with zero attached hydrogens (tertiary/aromatic N) is 3. The Kier molecular flexibility index (Phi) is 6.13. The number of para-hydroxylation sites is 2. The maximum Gasteiger partial charge on any atom is 0.159 e. The number of benzene rings is 6. The van der Waals surface area contributed by atoms with Crippen molar-refractivity contribution in [1.82, 2.24) is 9.88 Å². The Hall–Kier alpha value is -6.20. The van der Waals surface area contributed by atoms with Crippen LogP contribution in [-0.2, 0) is 0 Å². The molecular formula is C41H28N4O. The van der Waals surface area contributed by atoms with Crippen LogP contribution in [0.1, 0.15) is 34.0 Å². The van der Waals surface area contributed by atoms with Gasteiger partial charge in [0.2, 0.25) is 0 Å². The van der Waals surface area contributed by atoms with Crippen molar-refractivity contribution < 1.29 is 4.74 Å². The number of aliphatic imine (C=N–C) groups is 2. The molecule has 1 N–H and O–H groups in total. The fourth-order valence-electron chi connectivity index (χ4n) is 6.43. The lowest BCUT2D eigenvalue weighted by Gasteiger charge is -2.23. The molecule has 0 bridgehead atoms. The summed E-state index contributed by atoms with van der Waals surface area (Å²) in [7, 11) is 0. The summed E-state index contributed by atoms with van der Waals surface area (Å²) in [6.45, 7) is 0. The summed E-state index contributed by atoms with van der Waals surface area (Å²) < 4.78 is 8.79. The molecule has 1 atom stereocenters. The molecule has 0 saturated heterocycles. The van der Waals surface area contributed by atoms with Crippen molar-refractivity contribution in [2.45, 2.75) is 6.17 Å². The number of amidine groups is 2. The van der Waals surface area contributed by atoms with Gasteiger partial charge in [0, 0.05) is 38.7 Å². The fraction of sp³-hybridized carbons (Fsp3) is 0.0244. The van der Waals surface area contributed by atoms with Gasteiger partial charge in [0.1, 0.15) is 23.5 Å². The number of ether oxygens (including phenoxy) is 1. The normalized spacial score (nSPS) is 15.3. The lowest BCUT2D eigenvalue weighted by Crippen LogP contribution is -2.33. The molecule has 2 aliphatic rings. The van der Waals surface area contributed by atoms with Crippen LogP contribution in [0.3, 0.4) is 0 Å². The van der Waals surface area contributed by atoms with Gasteiger partial charge in [-0.1, -0.05) is 121 Å². The highest BCUT2D eigenvalue weighted by atomic mass is 16.5. The first kappa shape index (κ1) is 26.2. The number of hydrogen-bond donors (Lipinski definition) is 1. The summed E-state index contributed by atoms with van der Waals surface area (Å²) in [5.74, 6) is 3.21. The summed E-state index contributed by atoms with van der Waals surface area (Å²) in [4.78, 5) is 10.2. The molecule has 1 aromatic heterocycles. The Labute approximate surface area is 266 Å². The van der Waals surface area contributed by atoms with E-state index >= 15 is 0 Å². The monoisotopic (exact) mass is 592 g/mol. The first-order valence-electron chi connectivity index (χ1n) is 15.4. The van der Waals surface area contributed by atoms with Crippen molar-refractivity contribution in [2.75, 3.05) is 0 Å². The van der Waals surface area contributed by atoms with E-state index in [1.54, 1.807) is 0 Å². The molecule has 6 aromatic carbocycles. The summed E-state index contributed by atoms with van der Waals surface area (Å²) >= 11 is 0. The average molecular weight is 593 g/mol. The zero-order valence-electron chi connectivity index (χ0n) is 24.8. The van der Waals surface area contributed by atoms with E-state index in [0.29, 0.717) is 5.84 Å². The molecule has 1 unspecified atom stereocenters. The van der Waals surface area contributed by atoms with E-state index in [-0.39, 0.29) is 6.17 Å². The summed E-state index contributed by atoms with van der Waals surface area (Å²) in [5, 5.41) is 5.87. The van der Waals surface area contributed by atoms with Crippen LogP contribution in [0.25, 0.3) is 39.6 Å². The first-order chi connectivity index (χ1) is 22.8. The third-order valence-corrected chi connectivity index (χ3v) is 8.65. The Bertz CT molecular complexity index is 2370. The maximum absolute atomic E-state index is 6.46. The molecule has 0 spiro atoms. The third kappa shape index (κ3) is 4.49. The largest absolute Gasteiger partial charge is 0.456 e. The molecule has 0 aliphatic carbocycles. The highest BCUT2D eigenvalue weighted by molar-refractivity contribution is 6.14. The Morgan fingerprint density at radius 1 is 0.565 bits per heavy atom. The first-order valence-corrected chi connectivity index (χ1v) is 15.4. The highest BCUT2D eigenvalue weighted by Crippen LogP contribution is 2.40. The topological polar surface area (TPSA) is 50.9 Å². The van der Waals surface area contributed by atoms with Gasteiger partial charge in [0.25, 0.3) is 0 Å². The second-order valence-corrected chi connectivity index (χ2v) is 11.5. The standard InChI is InChI=1S/C41H28N4O/c1-3-13-28(14-4-1)39-42-40(29-15-5-2-6-16-29)44-41(43-39)31-17-11-18-32(24-31)45-35-20-9-8-19-33(35)34-26-38-30(25-36(34)45)23-22-27-12-7-10-21-37(27)46-38/h1-26,39H,(H,42,43,44). The molecule has 5 heteroatoms. The molecule has 9 rings (SSSR count). The van der Waals surface area contributed by atoms with Gasteiger partial charge in [-0.2, -0.15) is 0 Å². The second kappa shape index (κ2) is 10.8. The number of nitrogens with one attached hydrogen (secondary N) is 1. The van der Waals surface area contributed by atoms with Crippen LogP contribution >= 0.6 is 0 Å². The molecule has 0 radical (unpaired) electrons.